The lowest BCUT2D eigenvalue weighted by atomic mass is 10.2. The second-order valence-corrected chi connectivity index (χ2v) is 5.48. The minimum Gasteiger partial charge on any atom is -0.491 e. The van der Waals surface area contributed by atoms with Gasteiger partial charge in [0.15, 0.2) is 0 Å². The van der Waals surface area contributed by atoms with Gasteiger partial charge in [0.25, 0.3) is 0 Å². The first-order valence-electron chi connectivity index (χ1n) is 6.56. The Morgan fingerprint density at radius 2 is 1.90 bits per heavy atom. The molecule has 0 aromatic heterocycles. The van der Waals surface area contributed by atoms with Gasteiger partial charge in [-0.05, 0) is 43.2 Å². The number of hydrogen-bond acceptors (Lipinski definition) is 3. The molecule has 0 saturated carbocycles. The Balaban J connectivity index is 2.22. The fourth-order valence-electron chi connectivity index (χ4n) is 1.73. The third-order valence-electron chi connectivity index (χ3n) is 2.82. The van der Waals surface area contributed by atoms with Crippen LogP contribution in [-0.4, -0.2) is 6.61 Å². The molecule has 0 atom stereocenters. The number of nitrogen functional groups attached to an aromatic ring is 1. The van der Waals surface area contributed by atoms with Crippen molar-refractivity contribution in [2.75, 3.05) is 12.3 Å². The number of halogens is 1. The minimum absolute atomic E-state index is 0.622. The van der Waals surface area contributed by atoms with E-state index >= 15 is 0 Å². The van der Waals surface area contributed by atoms with Crippen LogP contribution in [0.5, 0.6) is 17.2 Å². The number of benzene rings is 2. The Bertz CT molecular complexity index is 599. The molecule has 0 amide bonds. The lowest BCUT2D eigenvalue weighted by molar-refractivity contribution is 0.317. The molecule has 0 bridgehead atoms. The van der Waals surface area contributed by atoms with Crippen molar-refractivity contribution < 1.29 is 9.47 Å². The van der Waals surface area contributed by atoms with Crippen LogP contribution < -0.4 is 15.2 Å². The summed E-state index contributed by atoms with van der Waals surface area (Å²) >= 11 is 3.45. The summed E-state index contributed by atoms with van der Waals surface area (Å²) in [5, 5.41) is 0. The van der Waals surface area contributed by atoms with Crippen molar-refractivity contribution in [2.45, 2.75) is 20.3 Å². The van der Waals surface area contributed by atoms with Gasteiger partial charge in [-0.3, -0.25) is 0 Å². The van der Waals surface area contributed by atoms with Crippen molar-refractivity contribution in [2.24, 2.45) is 0 Å². The summed E-state index contributed by atoms with van der Waals surface area (Å²) in [6, 6.07) is 11.4. The van der Waals surface area contributed by atoms with Crippen molar-refractivity contribution in [3.05, 3.63) is 46.4 Å². The second-order valence-electron chi connectivity index (χ2n) is 4.56. The number of hydrogen-bond donors (Lipinski definition) is 1. The molecular weight excluding hydrogens is 318 g/mol. The molecule has 4 heteroatoms. The first-order chi connectivity index (χ1) is 9.60. The highest BCUT2D eigenvalue weighted by atomic mass is 79.9. The Labute approximate surface area is 127 Å². The molecule has 20 heavy (non-hydrogen) atoms. The van der Waals surface area contributed by atoms with Gasteiger partial charge in [0.2, 0.25) is 0 Å². The van der Waals surface area contributed by atoms with E-state index in [9.17, 15) is 0 Å². The van der Waals surface area contributed by atoms with E-state index in [4.69, 9.17) is 15.2 Å². The standard InChI is InChI=1S/C16H18BrNO2/c1-3-8-19-16-10-13(6-7-14(16)18)20-15-9-12(17)5-4-11(15)2/h4-7,9-10H,3,8,18H2,1-2H3. The van der Waals surface area contributed by atoms with Gasteiger partial charge in [-0.1, -0.05) is 28.9 Å². The molecule has 3 nitrogen and oxygen atoms in total. The van der Waals surface area contributed by atoms with E-state index in [1.165, 1.54) is 0 Å². The zero-order chi connectivity index (χ0) is 14.5. The lowest BCUT2D eigenvalue weighted by Crippen LogP contribution is -1.99. The first-order valence-corrected chi connectivity index (χ1v) is 7.35. The van der Waals surface area contributed by atoms with Crippen LogP contribution in [-0.2, 0) is 0 Å². The smallest absolute Gasteiger partial charge is 0.145 e. The summed E-state index contributed by atoms with van der Waals surface area (Å²) < 4.78 is 12.5. The highest BCUT2D eigenvalue weighted by Crippen LogP contribution is 2.32. The maximum Gasteiger partial charge on any atom is 0.145 e. The minimum atomic E-state index is 0.622. The maximum absolute atomic E-state index is 5.90. The van der Waals surface area contributed by atoms with Crippen molar-refractivity contribution >= 4 is 21.6 Å². The average Bonchev–Trinajstić information content (AvgIpc) is 2.43. The first kappa shape index (κ1) is 14.7. The third-order valence-corrected chi connectivity index (χ3v) is 3.32. The SMILES string of the molecule is CCCOc1cc(Oc2cc(Br)ccc2C)ccc1N. The largest absolute Gasteiger partial charge is 0.491 e. The molecule has 106 valence electrons. The van der Waals surface area contributed by atoms with Gasteiger partial charge in [-0.15, -0.1) is 0 Å². The van der Waals surface area contributed by atoms with E-state index in [2.05, 4.69) is 22.9 Å². The van der Waals surface area contributed by atoms with Crippen LogP contribution in [0.1, 0.15) is 18.9 Å². The molecule has 2 rings (SSSR count). The summed E-state index contributed by atoms with van der Waals surface area (Å²) in [5.74, 6) is 2.19. The molecule has 0 aliphatic carbocycles. The summed E-state index contributed by atoms with van der Waals surface area (Å²) in [6.07, 6.45) is 0.940. The van der Waals surface area contributed by atoms with E-state index in [0.29, 0.717) is 23.8 Å². The van der Waals surface area contributed by atoms with Crippen LogP contribution in [0.2, 0.25) is 0 Å². The third kappa shape index (κ3) is 3.67. The fourth-order valence-corrected chi connectivity index (χ4v) is 2.07. The van der Waals surface area contributed by atoms with Crippen LogP contribution in [0, 0.1) is 6.92 Å². The Morgan fingerprint density at radius 1 is 1.10 bits per heavy atom. The predicted molar refractivity (Wildman–Crippen MR) is 85.6 cm³/mol. The van der Waals surface area contributed by atoms with Crippen LogP contribution in [0.4, 0.5) is 5.69 Å². The van der Waals surface area contributed by atoms with Gasteiger partial charge >= 0.3 is 0 Å². The fraction of sp³-hybridized carbons (Fsp3) is 0.250. The zero-order valence-electron chi connectivity index (χ0n) is 11.7. The molecule has 0 fully saturated rings. The molecule has 0 heterocycles. The molecule has 0 spiro atoms. The maximum atomic E-state index is 5.90. The number of rotatable bonds is 5. The number of aryl methyl sites for hydroxylation is 1. The Hall–Kier alpha value is -1.68. The summed E-state index contributed by atoms with van der Waals surface area (Å²) in [7, 11) is 0. The van der Waals surface area contributed by atoms with Gasteiger partial charge in [-0.25, -0.2) is 0 Å². The van der Waals surface area contributed by atoms with Gasteiger partial charge in [0.05, 0.1) is 12.3 Å². The van der Waals surface area contributed by atoms with Gasteiger partial charge in [-0.2, -0.15) is 0 Å². The van der Waals surface area contributed by atoms with E-state index in [0.717, 1.165) is 22.2 Å². The monoisotopic (exact) mass is 335 g/mol. The number of nitrogens with two attached hydrogens (primary N) is 1. The number of anilines is 1. The van der Waals surface area contributed by atoms with Gasteiger partial charge in [0, 0.05) is 10.5 Å². The molecule has 0 aliphatic heterocycles. The lowest BCUT2D eigenvalue weighted by Gasteiger charge is -2.12. The molecule has 0 radical (unpaired) electrons. The van der Waals surface area contributed by atoms with E-state index in [1.54, 1.807) is 6.07 Å². The Morgan fingerprint density at radius 3 is 2.65 bits per heavy atom. The summed E-state index contributed by atoms with van der Waals surface area (Å²) in [4.78, 5) is 0. The molecule has 0 unspecified atom stereocenters. The predicted octanol–water partition coefficient (Wildman–Crippen LogP) is 4.92. The van der Waals surface area contributed by atoms with Crippen LogP contribution >= 0.6 is 15.9 Å². The second kappa shape index (κ2) is 6.66. The van der Waals surface area contributed by atoms with Gasteiger partial charge in [0.1, 0.15) is 17.2 Å². The average molecular weight is 336 g/mol. The Kier molecular flexibility index (Phi) is 4.90. The quantitative estimate of drug-likeness (QED) is 0.788. The topological polar surface area (TPSA) is 44.5 Å². The molecule has 0 saturated heterocycles. The molecule has 2 aromatic carbocycles. The summed E-state index contributed by atoms with van der Waals surface area (Å²) in [6.45, 7) is 4.71. The van der Waals surface area contributed by atoms with E-state index < -0.39 is 0 Å². The van der Waals surface area contributed by atoms with E-state index in [1.807, 2.05) is 37.3 Å². The zero-order valence-corrected chi connectivity index (χ0v) is 13.2. The van der Waals surface area contributed by atoms with Crippen molar-refractivity contribution in [3.8, 4) is 17.2 Å². The van der Waals surface area contributed by atoms with E-state index in [-0.39, 0.29) is 0 Å². The molecule has 0 aliphatic rings. The van der Waals surface area contributed by atoms with Crippen LogP contribution in [0.25, 0.3) is 0 Å². The van der Waals surface area contributed by atoms with Crippen molar-refractivity contribution in [3.63, 3.8) is 0 Å². The number of ether oxygens (including phenoxy) is 2. The molecular formula is C16H18BrNO2. The molecule has 2 aromatic rings. The van der Waals surface area contributed by atoms with Gasteiger partial charge < -0.3 is 15.2 Å². The van der Waals surface area contributed by atoms with Crippen LogP contribution in [0.15, 0.2) is 40.9 Å². The summed E-state index contributed by atoms with van der Waals surface area (Å²) in [5.41, 5.74) is 7.58. The highest BCUT2D eigenvalue weighted by Gasteiger charge is 2.06. The normalized spacial score (nSPS) is 10.3. The highest BCUT2D eigenvalue weighted by molar-refractivity contribution is 9.10. The van der Waals surface area contributed by atoms with Crippen molar-refractivity contribution in [1.82, 2.24) is 0 Å². The van der Waals surface area contributed by atoms with Crippen LogP contribution in [0.3, 0.4) is 0 Å². The molecule has 2 N–H and O–H groups in total. The van der Waals surface area contributed by atoms with Crippen molar-refractivity contribution in [1.29, 1.82) is 0 Å².